The van der Waals surface area contributed by atoms with Gasteiger partial charge < -0.3 is 25.6 Å². The van der Waals surface area contributed by atoms with Gasteiger partial charge in [-0.2, -0.15) is 0 Å². The van der Waals surface area contributed by atoms with Crippen molar-refractivity contribution >= 4 is 23.8 Å². The molecule has 0 saturated carbocycles. The third kappa shape index (κ3) is 12.5. The highest BCUT2D eigenvalue weighted by molar-refractivity contribution is 5.91. The summed E-state index contributed by atoms with van der Waals surface area (Å²) < 4.78 is 5.16. The number of amides is 2. The number of carbonyl (C=O) groups is 4. The topological polar surface area (TPSA) is 142 Å². The van der Waals surface area contributed by atoms with E-state index in [4.69, 9.17) is 4.74 Å². The molecule has 0 fully saturated rings. The minimum Gasteiger partial charge on any atom is -0.478 e. The van der Waals surface area contributed by atoms with Crippen molar-refractivity contribution in [2.24, 2.45) is 23.7 Å². The zero-order chi connectivity index (χ0) is 28.0. The maximum Gasteiger partial charge on any atom is 0.345 e. The number of aliphatic carboxylic acids is 1. The average molecular weight is 519 g/mol. The van der Waals surface area contributed by atoms with Gasteiger partial charge in [0.2, 0.25) is 17.9 Å². The summed E-state index contributed by atoms with van der Waals surface area (Å²) in [6.07, 6.45) is 3.42. The van der Waals surface area contributed by atoms with Crippen molar-refractivity contribution in [2.45, 2.75) is 66.1 Å². The molecule has 0 aromatic heterocycles. The van der Waals surface area contributed by atoms with E-state index in [1.165, 1.54) is 13.0 Å². The Balaban J connectivity index is 2.30. The van der Waals surface area contributed by atoms with E-state index in [0.717, 1.165) is 12.0 Å². The van der Waals surface area contributed by atoms with Crippen LogP contribution >= 0.6 is 0 Å². The summed E-state index contributed by atoms with van der Waals surface area (Å²) in [6, 6.07) is 9.49. The van der Waals surface area contributed by atoms with Gasteiger partial charge in [0.15, 0.2) is 0 Å². The van der Waals surface area contributed by atoms with Gasteiger partial charge in [-0.3, -0.25) is 14.4 Å². The third-order valence-electron chi connectivity index (χ3n) is 6.35. The molecular formula is C28H42N2O7. The molecule has 0 aliphatic rings. The number of carbonyl (C=O) groups excluding carboxylic acids is 3. The van der Waals surface area contributed by atoms with Gasteiger partial charge in [-0.15, -0.1) is 0 Å². The molecule has 2 amide bonds. The lowest BCUT2D eigenvalue weighted by atomic mass is 9.92. The lowest BCUT2D eigenvalue weighted by Gasteiger charge is -2.24. The lowest BCUT2D eigenvalue weighted by Crippen LogP contribution is -2.41. The van der Waals surface area contributed by atoms with Crippen LogP contribution < -0.4 is 10.6 Å². The fraction of sp³-hybridized carbons (Fsp3) is 0.571. The van der Waals surface area contributed by atoms with E-state index >= 15 is 0 Å². The molecule has 0 saturated heterocycles. The number of hydrogen-bond donors (Lipinski definition) is 4. The molecule has 0 heterocycles. The van der Waals surface area contributed by atoms with Crippen LogP contribution in [0.25, 0.3) is 0 Å². The second-order valence-corrected chi connectivity index (χ2v) is 9.97. The molecule has 0 bridgehead atoms. The lowest BCUT2D eigenvalue weighted by molar-refractivity contribution is -0.171. The van der Waals surface area contributed by atoms with Crippen LogP contribution in [0.5, 0.6) is 0 Å². The molecule has 4 unspecified atom stereocenters. The Hall–Kier alpha value is -3.20. The molecule has 1 rings (SSSR count). The third-order valence-corrected chi connectivity index (χ3v) is 6.35. The monoisotopic (exact) mass is 518 g/mol. The molecule has 0 radical (unpaired) electrons. The second kappa shape index (κ2) is 16.5. The van der Waals surface area contributed by atoms with E-state index in [2.05, 4.69) is 10.6 Å². The Morgan fingerprint density at radius 1 is 1.00 bits per heavy atom. The van der Waals surface area contributed by atoms with Crippen LogP contribution in [0.2, 0.25) is 0 Å². The highest BCUT2D eigenvalue weighted by Crippen LogP contribution is 2.23. The van der Waals surface area contributed by atoms with Gasteiger partial charge in [0, 0.05) is 12.5 Å². The van der Waals surface area contributed by atoms with Gasteiger partial charge in [-0.05, 0) is 42.7 Å². The predicted octanol–water partition coefficient (Wildman–Crippen LogP) is 3.24. The number of carboxylic acid groups (broad SMARTS) is 1. The van der Waals surface area contributed by atoms with Crippen molar-refractivity contribution < 1.29 is 34.1 Å². The fourth-order valence-corrected chi connectivity index (χ4v) is 3.49. The molecule has 9 nitrogen and oxygen atoms in total. The number of ether oxygens (including phenoxy) is 1. The Morgan fingerprint density at radius 2 is 1.65 bits per heavy atom. The first-order valence-electron chi connectivity index (χ1n) is 12.8. The van der Waals surface area contributed by atoms with Crippen molar-refractivity contribution in [3.8, 4) is 0 Å². The van der Waals surface area contributed by atoms with Crippen LogP contribution in [-0.4, -0.2) is 53.2 Å². The van der Waals surface area contributed by atoms with Crippen LogP contribution in [0.4, 0.5) is 0 Å². The fourth-order valence-electron chi connectivity index (χ4n) is 3.49. The summed E-state index contributed by atoms with van der Waals surface area (Å²) in [5.41, 5.74) is 0.888. The van der Waals surface area contributed by atoms with Crippen LogP contribution in [0.3, 0.4) is 0 Å². The summed E-state index contributed by atoms with van der Waals surface area (Å²) in [4.78, 5) is 47.7. The minimum absolute atomic E-state index is 0.0116. The van der Waals surface area contributed by atoms with Gasteiger partial charge in [-0.25, -0.2) is 4.79 Å². The first-order chi connectivity index (χ1) is 17.4. The molecule has 206 valence electrons. The highest BCUT2D eigenvalue weighted by Gasteiger charge is 2.32. The van der Waals surface area contributed by atoms with Gasteiger partial charge in [0.25, 0.3) is 0 Å². The second-order valence-electron chi connectivity index (χ2n) is 9.97. The van der Waals surface area contributed by atoms with Gasteiger partial charge in [0.05, 0.1) is 18.6 Å². The molecule has 5 atom stereocenters. The summed E-state index contributed by atoms with van der Waals surface area (Å²) >= 11 is 0. The number of benzene rings is 1. The largest absolute Gasteiger partial charge is 0.478 e. The summed E-state index contributed by atoms with van der Waals surface area (Å²) in [7, 11) is 0. The zero-order valence-electron chi connectivity index (χ0n) is 22.5. The van der Waals surface area contributed by atoms with E-state index in [1.54, 1.807) is 13.0 Å². The van der Waals surface area contributed by atoms with Gasteiger partial charge in [-0.1, -0.05) is 71.0 Å². The first-order valence-corrected chi connectivity index (χ1v) is 12.8. The number of rotatable bonds is 16. The van der Waals surface area contributed by atoms with Crippen molar-refractivity contribution in [2.75, 3.05) is 13.1 Å². The van der Waals surface area contributed by atoms with Crippen molar-refractivity contribution in [1.82, 2.24) is 10.6 Å². The molecule has 37 heavy (non-hydrogen) atoms. The molecule has 1 aromatic carbocycles. The maximum atomic E-state index is 12.3. The van der Waals surface area contributed by atoms with Crippen LogP contribution in [0, 0.1) is 23.7 Å². The molecule has 1 aromatic rings. The van der Waals surface area contributed by atoms with Crippen LogP contribution in [0.1, 0.15) is 65.5 Å². The number of carboxylic acids is 1. The van der Waals surface area contributed by atoms with E-state index in [-0.39, 0.29) is 30.8 Å². The van der Waals surface area contributed by atoms with Crippen molar-refractivity contribution in [1.29, 1.82) is 0 Å². The summed E-state index contributed by atoms with van der Waals surface area (Å²) in [5.74, 6) is -3.64. The smallest absolute Gasteiger partial charge is 0.345 e. The van der Waals surface area contributed by atoms with E-state index in [9.17, 15) is 29.4 Å². The summed E-state index contributed by atoms with van der Waals surface area (Å²) in [6.45, 7) is 8.68. The van der Waals surface area contributed by atoms with Crippen LogP contribution in [0.15, 0.2) is 42.5 Å². The number of aliphatic hydroxyl groups excluding tert-OH is 1. The van der Waals surface area contributed by atoms with Crippen LogP contribution in [-0.2, 0) is 23.9 Å². The maximum absolute atomic E-state index is 12.3. The normalized spacial score (nSPS) is 15.4. The molecule has 0 spiro atoms. The average Bonchev–Trinajstić information content (AvgIpc) is 2.86. The predicted molar refractivity (Wildman–Crippen MR) is 140 cm³/mol. The number of hydrogen-bond acceptors (Lipinski definition) is 6. The van der Waals surface area contributed by atoms with Gasteiger partial charge in [0.1, 0.15) is 0 Å². The number of allylic oxidation sites excluding steroid dienone is 1. The first kappa shape index (κ1) is 31.8. The quantitative estimate of drug-likeness (QED) is 0.194. The molecular weight excluding hydrogens is 476 g/mol. The molecule has 0 aliphatic heterocycles. The number of aliphatic hydroxyl groups is 1. The number of nitrogens with one attached hydrogen (secondary N) is 2. The van der Waals surface area contributed by atoms with Crippen molar-refractivity contribution in [3.05, 3.63) is 48.0 Å². The van der Waals surface area contributed by atoms with E-state index < -0.39 is 41.9 Å². The Bertz CT molecular complexity index is 901. The molecule has 0 aliphatic carbocycles. The standard InChI is InChI=1S/C28H42N2O7/c1-18(2)21(5)26(27(34)35)37-28(36)20(4)16-29-25(33)17-30-24(32)14-10-9-11-19(3)15-23(31)22-12-7-6-8-13-22/h6-8,10,12-14,18-21,23,26,31H,9,11,15-17H2,1-5H3,(H,29,33)(H,30,32)(H,34,35)/b14-10+/t19-,20?,21?,23?,26?/m0/s1. The Kier molecular flexibility index (Phi) is 14.2. The zero-order valence-corrected chi connectivity index (χ0v) is 22.5. The molecule has 4 N–H and O–H groups in total. The van der Waals surface area contributed by atoms with E-state index in [1.807, 2.05) is 51.1 Å². The highest BCUT2D eigenvalue weighted by atomic mass is 16.6. The molecule has 9 heteroatoms. The Labute approximate surface area is 219 Å². The van der Waals surface area contributed by atoms with Crippen molar-refractivity contribution in [3.63, 3.8) is 0 Å². The number of esters is 1. The van der Waals surface area contributed by atoms with E-state index in [0.29, 0.717) is 12.8 Å². The SMILES string of the molecule is CC(CNC(=O)CNC(=O)/C=C/CC[C@H](C)CC(O)c1ccccc1)C(=O)OC(C(=O)O)C(C)C(C)C. The van der Waals surface area contributed by atoms with Gasteiger partial charge >= 0.3 is 11.9 Å². The minimum atomic E-state index is -1.26. The Morgan fingerprint density at radius 3 is 2.24 bits per heavy atom. The summed E-state index contributed by atoms with van der Waals surface area (Å²) in [5, 5.41) is 24.7.